The van der Waals surface area contributed by atoms with Crippen molar-refractivity contribution in [2.24, 2.45) is 0 Å². The van der Waals surface area contributed by atoms with Crippen molar-refractivity contribution in [3.05, 3.63) is 20.8 Å². The van der Waals surface area contributed by atoms with Crippen molar-refractivity contribution >= 4 is 52.1 Å². The lowest BCUT2D eigenvalue weighted by Gasteiger charge is -2.32. The number of halogens is 4. The summed E-state index contributed by atoms with van der Waals surface area (Å²) >= 11 is 5.05. The summed E-state index contributed by atoms with van der Waals surface area (Å²) in [6, 6.07) is 3.95. The van der Waals surface area contributed by atoms with E-state index in [1.807, 2.05) is 12.1 Å². The van der Waals surface area contributed by atoms with Crippen LogP contribution in [0.25, 0.3) is 0 Å². The SMILES string of the molecule is Cl.Cl.FC[C@H](c1ccc(Br)s1)N1CCNCC1. The van der Waals surface area contributed by atoms with Crippen LogP contribution in [-0.4, -0.2) is 37.8 Å². The molecule has 1 aromatic rings. The Morgan fingerprint density at radius 1 is 1.35 bits per heavy atom. The molecule has 0 amide bonds. The maximum absolute atomic E-state index is 13.1. The number of hydrogen-bond acceptors (Lipinski definition) is 3. The second kappa shape index (κ2) is 8.67. The Labute approximate surface area is 126 Å². The van der Waals surface area contributed by atoms with Crippen LogP contribution in [0.5, 0.6) is 0 Å². The van der Waals surface area contributed by atoms with E-state index in [2.05, 4.69) is 26.1 Å². The molecule has 2 heterocycles. The largest absolute Gasteiger partial charge is 0.314 e. The van der Waals surface area contributed by atoms with Gasteiger partial charge in [-0.2, -0.15) is 0 Å². The van der Waals surface area contributed by atoms with Crippen molar-refractivity contribution in [2.75, 3.05) is 32.9 Å². The Kier molecular flexibility index (Phi) is 8.98. The first-order valence-corrected chi connectivity index (χ1v) is 6.68. The maximum atomic E-state index is 13.1. The zero-order chi connectivity index (χ0) is 10.7. The summed E-state index contributed by atoms with van der Waals surface area (Å²) in [5.41, 5.74) is 0. The molecule has 0 spiro atoms. The average molecular weight is 366 g/mol. The Morgan fingerprint density at radius 3 is 2.47 bits per heavy atom. The van der Waals surface area contributed by atoms with Crippen LogP contribution in [0.3, 0.4) is 0 Å². The van der Waals surface area contributed by atoms with E-state index in [4.69, 9.17) is 0 Å². The molecule has 0 saturated carbocycles. The van der Waals surface area contributed by atoms with E-state index in [9.17, 15) is 4.39 Å². The van der Waals surface area contributed by atoms with Gasteiger partial charge in [-0.1, -0.05) is 0 Å². The van der Waals surface area contributed by atoms with Gasteiger partial charge in [0.1, 0.15) is 6.67 Å². The lowest BCUT2D eigenvalue weighted by Crippen LogP contribution is -2.45. The molecule has 1 saturated heterocycles. The minimum Gasteiger partial charge on any atom is -0.314 e. The van der Waals surface area contributed by atoms with Gasteiger partial charge < -0.3 is 5.32 Å². The highest BCUT2D eigenvalue weighted by Crippen LogP contribution is 2.31. The van der Waals surface area contributed by atoms with E-state index < -0.39 is 0 Å². The molecule has 2 rings (SSSR count). The molecule has 1 fully saturated rings. The number of alkyl halides is 1. The van der Waals surface area contributed by atoms with Crippen LogP contribution >= 0.6 is 52.1 Å². The number of thiophene rings is 1. The highest BCUT2D eigenvalue weighted by molar-refractivity contribution is 9.11. The van der Waals surface area contributed by atoms with Crippen molar-refractivity contribution in [3.63, 3.8) is 0 Å². The fraction of sp³-hybridized carbons (Fsp3) is 0.600. The molecule has 0 aliphatic carbocycles. The molecule has 1 atom stereocenters. The molecule has 0 unspecified atom stereocenters. The van der Waals surface area contributed by atoms with Gasteiger partial charge in [0.2, 0.25) is 0 Å². The molecular weight excluding hydrogens is 350 g/mol. The van der Waals surface area contributed by atoms with Gasteiger partial charge in [-0.05, 0) is 28.1 Å². The first-order valence-electron chi connectivity index (χ1n) is 5.07. The van der Waals surface area contributed by atoms with Crippen molar-refractivity contribution in [3.8, 4) is 0 Å². The van der Waals surface area contributed by atoms with Crippen LogP contribution in [0.1, 0.15) is 10.9 Å². The van der Waals surface area contributed by atoms with E-state index in [1.165, 1.54) is 0 Å². The van der Waals surface area contributed by atoms with Crippen molar-refractivity contribution in [1.82, 2.24) is 10.2 Å². The molecule has 0 bridgehead atoms. The lowest BCUT2D eigenvalue weighted by atomic mass is 10.2. The zero-order valence-corrected chi connectivity index (χ0v) is 13.2. The average Bonchev–Trinajstić information content (AvgIpc) is 2.68. The number of nitrogens with zero attached hydrogens (tertiary/aromatic N) is 1. The van der Waals surface area contributed by atoms with Crippen LogP contribution in [0.4, 0.5) is 4.39 Å². The molecular formula is C10H16BrCl2FN2S. The van der Waals surface area contributed by atoms with E-state index in [0.717, 1.165) is 34.8 Å². The Bertz CT molecular complexity index is 321. The quantitative estimate of drug-likeness (QED) is 0.884. The molecule has 1 N–H and O–H groups in total. The second-order valence-electron chi connectivity index (χ2n) is 3.60. The summed E-state index contributed by atoms with van der Waals surface area (Å²) < 4.78 is 14.1. The molecule has 0 aromatic carbocycles. The van der Waals surface area contributed by atoms with E-state index in [-0.39, 0.29) is 37.5 Å². The Hall–Kier alpha value is 0.610. The van der Waals surface area contributed by atoms with Crippen molar-refractivity contribution in [2.45, 2.75) is 6.04 Å². The van der Waals surface area contributed by atoms with Gasteiger partial charge in [-0.3, -0.25) is 4.90 Å². The predicted molar refractivity (Wildman–Crippen MR) is 79.7 cm³/mol. The van der Waals surface area contributed by atoms with Crippen molar-refractivity contribution < 1.29 is 4.39 Å². The Balaban J connectivity index is 0.00000128. The minimum atomic E-state index is -0.299. The standard InChI is InChI=1S/C10H14BrFN2S.2ClH/c11-10-2-1-9(15-10)8(7-12)14-5-3-13-4-6-14;;/h1-2,8,13H,3-7H2;2*1H/t8-;;/m1../s1. The molecule has 0 radical (unpaired) electrons. The fourth-order valence-electron chi connectivity index (χ4n) is 1.85. The van der Waals surface area contributed by atoms with Gasteiger partial charge in [-0.15, -0.1) is 36.2 Å². The summed E-state index contributed by atoms with van der Waals surface area (Å²) in [5, 5.41) is 3.28. The molecule has 1 aliphatic heterocycles. The summed E-state index contributed by atoms with van der Waals surface area (Å²) in [7, 11) is 0. The highest BCUT2D eigenvalue weighted by atomic mass is 79.9. The lowest BCUT2D eigenvalue weighted by molar-refractivity contribution is 0.150. The number of rotatable bonds is 3. The third-order valence-corrected chi connectivity index (χ3v) is 4.39. The second-order valence-corrected chi connectivity index (χ2v) is 6.09. The summed E-state index contributed by atoms with van der Waals surface area (Å²) in [4.78, 5) is 3.33. The van der Waals surface area contributed by atoms with Crippen LogP contribution < -0.4 is 5.32 Å². The number of piperazine rings is 1. The highest BCUT2D eigenvalue weighted by Gasteiger charge is 2.23. The third-order valence-electron chi connectivity index (χ3n) is 2.66. The monoisotopic (exact) mass is 364 g/mol. The van der Waals surface area contributed by atoms with Crippen LogP contribution in [0.2, 0.25) is 0 Å². The summed E-state index contributed by atoms with van der Waals surface area (Å²) in [5.74, 6) is 0. The van der Waals surface area contributed by atoms with Gasteiger partial charge in [-0.25, -0.2) is 4.39 Å². The molecule has 100 valence electrons. The third kappa shape index (κ3) is 4.65. The summed E-state index contributed by atoms with van der Waals surface area (Å²) in [6.07, 6.45) is 0. The van der Waals surface area contributed by atoms with Crippen molar-refractivity contribution in [1.29, 1.82) is 0 Å². The molecule has 1 aromatic heterocycles. The van der Waals surface area contributed by atoms with Crippen LogP contribution in [0.15, 0.2) is 15.9 Å². The van der Waals surface area contributed by atoms with Gasteiger partial charge in [0.05, 0.1) is 9.83 Å². The van der Waals surface area contributed by atoms with Crippen LogP contribution in [0, 0.1) is 0 Å². The molecule has 17 heavy (non-hydrogen) atoms. The molecule has 1 aliphatic rings. The van der Waals surface area contributed by atoms with E-state index in [0.29, 0.717) is 0 Å². The van der Waals surface area contributed by atoms with Gasteiger partial charge in [0, 0.05) is 31.1 Å². The predicted octanol–water partition coefficient (Wildman–Crippen LogP) is 3.27. The van der Waals surface area contributed by atoms with Gasteiger partial charge in [0.15, 0.2) is 0 Å². The first kappa shape index (κ1) is 17.6. The number of nitrogens with one attached hydrogen (secondary N) is 1. The smallest absolute Gasteiger partial charge is 0.110 e. The van der Waals surface area contributed by atoms with Gasteiger partial charge >= 0.3 is 0 Å². The topological polar surface area (TPSA) is 15.3 Å². The fourth-order valence-corrected chi connectivity index (χ4v) is 3.39. The van der Waals surface area contributed by atoms with E-state index >= 15 is 0 Å². The zero-order valence-electron chi connectivity index (χ0n) is 9.20. The van der Waals surface area contributed by atoms with Crippen LogP contribution in [-0.2, 0) is 0 Å². The maximum Gasteiger partial charge on any atom is 0.110 e. The Morgan fingerprint density at radius 2 is 2.00 bits per heavy atom. The molecule has 7 heteroatoms. The molecule has 2 nitrogen and oxygen atoms in total. The van der Waals surface area contributed by atoms with Gasteiger partial charge in [0.25, 0.3) is 0 Å². The minimum absolute atomic E-state index is 0. The normalized spacial score (nSPS) is 18.0. The van der Waals surface area contributed by atoms with E-state index in [1.54, 1.807) is 11.3 Å². The first-order chi connectivity index (χ1) is 7.31. The number of hydrogen-bond donors (Lipinski definition) is 1. The summed E-state index contributed by atoms with van der Waals surface area (Å²) in [6.45, 7) is 3.49.